The molecule has 1 heterocycles. The highest BCUT2D eigenvalue weighted by molar-refractivity contribution is 5.92. The molecule has 1 aromatic rings. The van der Waals surface area contributed by atoms with Gasteiger partial charge in [0.1, 0.15) is 0 Å². The van der Waals surface area contributed by atoms with Gasteiger partial charge in [0.05, 0.1) is 19.3 Å². The third-order valence-corrected chi connectivity index (χ3v) is 3.04. The summed E-state index contributed by atoms with van der Waals surface area (Å²) in [4.78, 5) is 14.2. The summed E-state index contributed by atoms with van der Waals surface area (Å²) in [5.41, 5.74) is 5.79. The number of carbonyl (C=O) groups excluding carboxylic acids is 1. The van der Waals surface area contributed by atoms with Crippen molar-refractivity contribution in [1.82, 2.24) is 19.9 Å². The van der Waals surface area contributed by atoms with Crippen LogP contribution in [0.25, 0.3) is 0 Å². The van der Waals surface area contributed by atoms with Gasteiger partial charge in [-0.1, -0.05) is 12.1 Å². The number of rotatable bonds is 8. The van der Waals surface area contributed by atoms with E-state index in [0.717, 1.165) is 6.42 Å². The molecule has 7 nitrogen and oxygen atoms in total. The number of hydrogen-bond acceptors (Lipinski definition) is 5. The van der Waals surface area contributed by atoms with Gasteiger partial charge in [0, 0.05) is 26.2 Å². The quantitative estimate of drug-likeness (QED) is 0.724. The fourth-order valence-electron chi connectivity index (χ4n) is 1.72. The van der Waals surface area contributed by atoms with Gasteiger partial charge in [0.15, 0.2) is 5.69 Å². The van der Waals surface area contributed by atoms with Gasteiger partial charge in [-0.15, -0.1) is 5.10 Å². The summed E-state index contributed by atoms with van der Waals surface area (Å²) in [6, 6.07) is 0.141. The third kappa shape index (κ3) is 4.29. The smallest absolute Gasteiger partial charge is 0.276 e. The Balaban J connectivity index is 2.78. The first-order chi connectivity index (χ1) is 9.13. The first kappa shape index (κ1) is 15.6. The molecule has 7 heteroatoms. The number of ether oxygens (including phenoxy) is 1. The molecular weight excluding hydrogens is 246 g/mol. The minimum Gasteiger partial charge on any atom is -0.383 e. The average molecular weight is 269 g/mol. The monoisotopic (exact) mass is 269 g/mol. The highest BCUT2D eigenvalue weighted by Crippen LogP contribution is 2.08. The highest BCUT2D eigenvalue weighted by Gasteiger charge is 2.22. The van der Waals surface area contributed by atoms with Gasteiger partial charge in [-0.05, 0) is 13.3 Å². The van der Waals surface area contributed by atoms with Gasteiger partial charge < -0.3 is 15.4 Å². The van der Waals surface area contributed by atoms with Crippen molar-refractivity contribution in [2.75, 3.05) is 26.8 Å². The van der Waals surface area contributed by atoms with Crippen LogP contribution in [-0.2, 0) is 11.3 Å². The number of nitrogens with two attached hydrogens (primary N) is 1. The van der Waals surface area contributed by atoms with Crippen LogP contribution in [0, 0.1) is 0 Å². The number of amides is 1. The fourth-order valence-corrected chi connectivity index (χ4v) is 1.72. The maximum absolute atomic E-state index is 12.4. The Morgan fingerprint density at radius 1 is 1.63 bits per heavy atom. The zero-order valence-electron chi connectivity index (χ0n) is 11.9. The molecule has 0 radical (unpaired) electrons. The van der Waals surface area contributed by atoms with Crippen LogP contribution in [0.1, 0.15) is 30.8 Å². The number of nitrogens with zero attached hydrogens (tertiary/aromatic N) is 4. The molecule has 0 bridgehead atoms. The summed E-state index contributed by atoms with van der Waals surface area (Å²) in [5, 5.41) is 7.79. The molecule has 0 fully saturated rings. The lowest BCUT2D eigenvalue weighted by atomic mass is 10.2. The minimum atomic E-state index is -0.116. The SMILES string of the molecule is CCC(C)N(CCOC)C(=O)c1cn(CCN)nn1. The lowest BCUT2D eigenvalue weighted by Crippen LogP contribution is -2.40. The molecule has 1 unspecified atom stereocenters. The van der Waals surface area contributed by atoms with E-state index in [-0.39, 0.29) is 11.9 Å². The first-order valence-electron chi connectivity index (χ1n) is 6.54. The van der Waals surface area contributed by atoms with E-state index >= 15 is 0 Å². The van der Waals surface area contributed by atoms with Gasteiger partial charge in [-0.3, -0.25) is 9.48 Å². The molecule has 1 rings (SSSR count). The van der Waals surface area contributed by atoms with Crippen molar-refractivity contribution in [3.63, 3.8) is 0 Å². The highest BCUT2D eigenvalue weighted by atomic mass is 16.5. The lowest BCUT2D eigenvalue weighted by Gasteiger charge is -2.27. The van der Waals surface area contributed by atoms with Crippen LogP contribution in [0.2, 0.25) is 0 Å². The second-order valence-electron chi connectivity index (χ2n) is 4.40. The Labute approximate surface area is 113 Å². The number of hydrogen-bond donors (Lipinski definition) is 1. The molecule has 0 saturated heterocycles. The van der Waals surface area contributed by atoms with Gasteiger partial charge >= 0.3 is 0 Å². The van der Waals surface area contributed by atoms with E-state index in [1.54, 1.807) is 22.9 Å². The molecule has 1 amide bonds. The van der Waals surface area contributed by atoms with Crippen LogP contribution in [0.15, 0.2) is 6.20 Å². The van der Waals surface area contributed by atoms with Crippen molar-refractivity contribution in [2.45, 2.75) is 32.9 Å². The summed E-state index contributed by atoms with van der Waals surface area (Å²) in [6.45, 7) is 6.14. The van der Waals surface area contributed by atoms with Crippen LogP contribution >= 0.6 is 0 Å². The Kier molecular flexibility index (Phi) is 6.44. The van der Waals surface area contributed by atoms with E-state index in [1.807, 2.05) is 13.8 Å². The van der Waals surface area contributed by atoms with E-state index in [9.17, 15) is 4.79 Å². The molecule has 0 aliphatic carbocycles. The standard InChI is InChI=1S/C12H23N5O2/c1-4-10(2)17(7-8-19-3)12(18)11-9-16(6-5-13)15-14-11/h9-10H,4-8,13H2,1-3H3. The Bertz CT molecular complexity index is 393. The van der Waals surface area contributed by atoms with Crippen molar-refractivity contribution in [2.24, 2.45) is 5.73 Å². The minimum absolute atomic E-state index is 0.116. The second-order valence-corrected chi connectivity index (χ2v) is 4.40. The van der Waals surface area contributed by atoms with Crippen LogP contribution in [0.4, 0.5) is 0 Å². The van der Waals surface area contributed by atoms with Crippen molar-refractivity contribution in [3.8, 4) is 0 Å². The second kappa shape index (κ2) is 7.85. The molecule has 0 saturated carbocycles. The van der Waals surface area contributed by atoms with Crippen LogP contribution in [0.3, 0.4) is 0 Å². The number of aromatic nitrogens is 3. The number of carbonyl (C=O) groups is 1. The number of methoxy groups -OCH3 is 1. The van der Waals surface area contributed by atoms with E-state index in [2.05, 4.69) is 10.3 Å². The summed E-state index contributed by atoms with van der Waals surface area (Å²) >= 11 is 0. The van der Waals surface area contributed by atoms with Crippen molar-refractivity contribution < 1.29 is 9.53 Å². The Morgan fingerprint density at radius 2 is 2.37 bits per heavy atom. The van der Waals surface area contributed by atoms with Crippen molar-refractivity contribution in [1.29, 1.82) is 0 Å². The fraction of sp³-hybridized carbons (Fsp3) is 0.750. The van der Waals surface area contributed by atoms with E-state index in [1.165, 1.54) is 0 Å². The van der Waals surface area contributed by atoms with Gasteiger partial charge in [0.2, 0.25) is 0 Å². The molecule has 1 atom stereocenters. The molecule has 0 aromatic carbocycles. The summed E-state index contributed by atoms with van der Waals surface area (Å²) in [7, 11) is 1.62. The van der Waals surface area contributed by atoms with Gasteiger partial charge in [-0.2, -0.15) is 0 Å². The van der Waals surface area contributed by atoms with Crippen LogP contribution in [-0.4, -0.2) is 58.6 Å². The maximum atomic E-state index is 12.4. The average Bonchev–Trinajstić information content (AvgIpc) is 2.87. The van der Waals surface area contributed by atoms with Crippen LogP contribution in [0.5, 0.6) is 0 Å². The van der Waals surface area contributed by atoms with Gasteiger partial charge in [0.25, 0.3) is 5.91 Å². The van der Waals surface area contributed by atoms with E-state index in [4.69, 9.17) is 10.5 Å². The normalized spacial score (nSPS) is 12.4. The zero-order chi connectivity index (χ0) is 14.3. The molecular formula is C12H23N5O2. The summed E-state index contributed by atoms with van der Waals surface area (Å²) in [6.07, 6.45) is 2.52. The molecule has 108 valence electrons. The molecule has 0 aliphatic heterocycles. The molecule has 0 spiro atoms. The molecule has 0 aliphatic rings. The summed E-state index contributed by atoms with van der Waals surface area (Å²) < 4.78 is 6.63. The van der Waals surface area contributed by atoms with Crippen molar-refractivity contribution in [3.05, 3.63) is 11.9 Å². The van der Waals surface area contributed by atoms with Crippen LogP contribution < -0.4 is 5.73 Å². The largest absolute Gasteiger partial charge is 0.383 e. The predicted molar refractivity (Wildman–Crippen MR) is 71.7 cm³/mol. The molecule has 2 N–H and O–H groups in total. The Hall–Kier alpha value is -1.47. The van der Waals surface area contributed by atoms with E-state index < -0.39 is 0 Å². The molecule has 19 heavy (non-hydrogen) atoms. The predicted octanol–water partition coefficient (Wildman–Crippen LogP) is 0.124. The summed E-state index contributed by atoms with van der Waals surface area (Å²) in [5.74, 6) is -0.116. The van der Waals surface area contributed by atoms with Gasteiger partial charge in [-0.25, -0.2) is 0 Å². The first-order valence-corrected chi connectivity index (χ1v) is 6.54. The topological polar surface area (TPSA) is 86.3 Å². The van der Waals surface area contributed by atoms with Crippen molar-refractivity contribution >= 4 is 5.91 Å². The lowest BCUT2D eigenvalue weighted by molar-refractivity contribution is 0.0608. The maximum Gasteiger partial charge on any atom is 0.276 e. The Morgan fingerprint density at radius 3 is 2.95 bits per heavy atom. The van der Waals surface area contributed by atoms with E-state index in [0.29, 0.717) is 31.9 Å². The zero-order valence-corrected chi connectivity index (χ0v) is 11.9. The third-order valence-electron chi connectivity index (χ3n) is 3.04. The molecule has 1 aromatic heterocycles.